The second-order valence-corrected chi connectivity index (χ2v) is 9.98. The van der Waals surface area contributed by atoms with Gasteiger partial charge in [-0.25, -0.2) is 4.79 Å². The van der Waals surface area contributed by atoms with Crippen molar-refractivity contribution in [3.8, 4) is 5.75 Å². The highest BCUT2D eigenvalue weighted by molar-refractivity contribution is 9.10. The molecule has 0 fully saturated rings. The minimum atomic E-state index is -1.07. The van der Waals surface area contributed by atoms with Gasteiger partial charge in [-0.05, 0) is 35.4 Å². The van der Waals surface area contributed by atoms with Crippen LogP contribution in [0.5, 0.6) is 5.75 Å². The van der Waals surface area contributed by atoms with Gasteiger partial charge in [0.2, 0.25) is 5.91 Å². The fourth-order valence-corrected chi connectivity index (χ4v) is 4.45. The minimum Gasteiger partial charge on any atom is -0.485 e. The third-order valence-corrected chi connectivity index (χ3v) is 6.47. The Morgan fingerprint density at radius 1 is 0.878 bits per heavy atom. The number of alkyl carbamates (subject to hydrolysis) is 1. The summed E-state index contributed by atoms with van der Waals surface area (Å²) < 4.78 is 12.2. The van der Waals surface area contributed by atoms with Crippen LogP contribution in [0.4, 0.5) is 10.5 Å². The number of halogens is 1. The van der Waals surface area contributed by atoms with Crippen LogP contribution in [-0.4, -0.2) is 35.5 Å². The van der Waals surface area contributed by atoms with Gasteiger partial charge in [0.1, 0.15) is 31.5 Å². The van der Waals surface area contributed by atoms with E-state index >= 15 is 0 Å². The lowest BCUT2D eigenvalue weighted by molar-refractivity contribution is -0.123. The SMILES string of the molecule is NC(=O)CN(C(=O)[C@H](Cc1ccccc1)NC(=O)OCc1ccccc1)c1ccccc1OCc1cc(Br)ccn1. The van der Waals surface area contributed by atoms with Gasteiger partial charge in [0.25, 0.3) is 5.91 Å². The van der Waals surface area contributed by atoms with Crippen molar-refractivity contribution in [3.05, 3.63) is 125 Å². The minimum absolute atomic E-state index is 0.0320. The summed E-state index contributed by atoms with van der Waals surface area (Å²) in [6, 6.07) is 27.8. The smallest absolute Gasteiger partial charge is 0.408 e. The van der Waals surface area contributed by atoms with Crippen molar-refractivity contribution < 1.29 is 23.9 Å². The van der Waals surface area contributed by atoms with Gasteiger partial charge >= 0.3 is 6.09 Å². The summed E-state index contributed by atoms with van der Waals surface area (Å²) in [5, 5.41) is 2.68. The first kappa shape index (κ1) is 29.3. The number of hydrogen-bond donors (Lipinski definition) is 2. The maximum Gasteiger partial charge on any atom is 0.408 e. The number of ether oxygens (including phenoxy) is 2. The molecular formula is C31H29BrN4O5. The van der Waals surface area contributed by atoms with E-state index in [4.69, 9.17) is 15.2 Å². The summed E-state index contributed by atoms with van der Waals surface area (Å²) in [7, 11) is 0. The van der Waals surface area contributed by atoms with Gasteiger partial charge in [0, 0.05) is 17.1 Å². The molecule has 0 aliphatic heterocycles. The zero-order valence-electron chi connectivity index (χ0n) is 22.1. The number of nitrogens with zero attached hydrogens (tertiary/aromatic N) is 2. The van der Waals surface area contributed by atoms with Crippen molar-refractivity contribution >= 4 is 39.5 Å². The van der Waals surface area contributed by atoms with Crippen LogP contribution in [0, 0.1) is 0 Å². The van der Waals surface area contributed by atoms with Gasteiger partial charge < -0.3 is 20.5 Å². The molecule has 3 aromatic carbocycles. The van der Waals surface area contributed by atoms with Gasteiger partial charge in [-0.15, -0.1) is 0 Å². The lowest BCUT2D eigenvalue weighted by atomic mass is 10.0. The van der Waals surface area contributed by atoms with Gasteiger partial charge in [-0.1, -0.05) is 88.7 Å². The molecule has 3 amide bonds. The lowest BCUT2D eigenvalue weighted by Crippen LogP contribution is -2.52. The highest BCUT2D eigenvalue weighted by Crippen LogP contribution is 2.30. The van der Waals surface area contributed by atoms with Crippen molar-refractivity contribution in [1.82, 2.24) is 10.3 Å². The molecule has 4 rings (SSSR count). The van der Waals surface area contributed by atoms with Crippen LogP contribution < -0.4 is 20.7 Å². The van der Waals surface area contributed by atoms with Crippen LogP contribution in [-0.2, 0) is 34.0 Å². The molecule has 0 spiro atoms. The number of hydrogen-bond acceptors (Lipinski definition) is 6. The average Bonchev–Trinajstić information content (AvgIpc) is 2.98. The average molecular weight is 618 g/mol. The summed E-state index contributed by atoms with van der Waals surface area (Å²) >= 11 is 3.41. The Balaban J connectivity index is 1.58. The monoisotopic (exact) mass is 616 g/mol. The second kappa shape index (κ2) is 14.6. The number of carbonyl (C=O) groups excluding carboxylic acids is 3. The molecule has 210 valence electrons. The molecule has 9 nitrogen and oxygen atoms in total. The molecule has 0 aliphatic rings. The number of para-hydroxylation sites is 2. The largest absolute Gasteiger partial charge is 0.485 e. The Bertz CT molecular complexity index is 1470. The molecule has 4 aromatic rings. The van der Waals surface area contributed by atoms with Crippen LogP contribution in [0.15, 0.2) is 108 Å². The topological polar surface area (TPSA) is 124 Å². The maximum absolute atomic E-state index is 14.0. The first-order valence-corrected chi connectivity index (χ1v) is 13.6. The van der Waals surface area contributed by atoms with E-state index < -0.39 is 30.5 Å². The normalized spacial score (nSPS) is 11.2. The molecule has 1 heterocycles. The Morgan fingerprint density at radius 3 is 2.22 bits per heavy atom. The van der Waals surface area contributed by atoms with E-state index in [1.807, 2.05) is 66.7 Å². The molecule has 1 atom stereocenters. The molecule has 0 unspecified atom stereocenters. The first-order chi connectivity index (χ1) is 19.9. The van der Waals surface area contributed by atoms with Crippen LogP contribution in [0.25, 0.3) is 0 Å². The van der Waals surface area contributed by atoms with Crippen molar-refractivity contribution in [3.63, 3.8) is 0 Å². The number of carbonyl (C=O) groups is 3. The van der Waals surface area contributed by atoms with Gasteiger partial charge in [-0.2, -0.15) is 0 Å². The summed E-state index contributed by atoms with van der Waals surface area (Å²) in [4.78, 5) is 44.5. The number of nitrogens with two attached hydrogens (primary N) is 1. The highest BCUT2D eigenvalue weighted by Gasteiger charge is 2.30. The fraction of sp³-hybridized carbons (Fsp3) is 0.161. The van der Waals surface area contributed by atoms with E-state index in [9.17, 15) is 14.4 Å². The number of benzene rings is 3. The Hall–Kier alpha value is -4.70. The predicted molar refractivity (Wildman–Crippen MR) is 158 cm³/mol. The third-order valence-electron chi connectivity index (χ3n) is 5.98. The quantitative estimate of drug-likeness (QED) is 0.236. The van der Waals surface area contributed by atoms with Crippen LogP contribution in [0.1, 0.15) is 16.8 Å². The third kappa shape index (κ3) is 8.91. The molecule has 41 heavy (non-hydrogen) atoms. The van der Waals surface area contributed by atoms with E-state index in [0.717, 1.165) is 15.6 Å². The van der Waals surface area contributed by atoms with Gasteiger partial charge in [-0.3, -0.25) is 19.5 Å². The molecule has 10 heteroatoms. The molecule has 0 bridgehead atoms. The number of aromatic nitrogens is 1. The fourth-order valence-electron chi connectivity index (χ4n) is 4.06. The van der Waals surface area contributed by atoms with Gasteiger partial charge in [0.15, 0.2) is 0 Å². The number of anilines is 1. The summed E-state index contributed by atoms with van der Waals surface area (Å²) in [5.41, 5.74) is 8.15. The maximum atomic E-state index is 14.0. The molecule has 1 aromatic heterocycles. The molecule has 0 saturated carbocycles. The standard InChI is InChI=1S/C31H29BrN4O5/c32-24-15-16-34-25(18-24)21-40-28-14-8-7-13-27(28)36(19-29(33)37)30(38)26(17-22-9-3-1-4-10-22)35-31(39)41-20-23-11-5-2-6-12-23/h1-16,18,26H,17,19-21H2,(H2,33,37)(H,35,39)/t26-/m0/s1. The van der Waals surface area contributed by atoms with E-state index in [2.05, 4.69) is 26.2 Å². The van der Waals surface area contributed by atoms with E-state index in [0.29, 0.717) is 17.1 Å². The Kier molecular flexibility index (Phi) is 10.4. The van der Waals surface area contributed by atoms with Crippen molar-refractivity contribution in [2.24, 2.45) is 5.73 Å². The number of primary amides is 1. The number of nitrogens with one attached hydrogen (secondary N) is 1. The Morgan fingerprint density at radius 2 is 1.54 bits per heavy atom. The summed E-state index contributed by atoms with van der Waals surface area (Å²) in [6.45, 7) is -0.281. The van der Waals surface area contributed by atoms with E-state index in [1.165, 1.54) is 4.90 Å². The zero-order chi connectivity index (χ0) is 29.0. The molecule has 0 radical (unpaired) electrons. The second-order valence-electron chi connectivity index (χ2n) is 9.06. The first-order valence-electron chi connectivity index (χ1n) is 12.8. The summed E-state index contributed by atoms with van der Waals surface area (Å²) in [5.74, 6) is -0.943. The van der Waals surface area contributed by atoms with Crippen molar-refractivity contribution in [1.29, 1.82) is 0 Å². The highest BCUT2D eigenvalue weighted by atomic mass is 79.9. The van der Waals surface area contributed by atoms with E-state index in [-0.39, 0.29) is 19.6 Å². The van der Waals surface area contributed by atoms with E-state index in [1.54, 1.807) is 36.5 Å². The summed E-state index contributed by atoms with van der Waals surface area (Å²) in [6.07, 6.45) is 1.03. The number of pyridine rings is 1. The number of amides is 3. The van der Waals surface area contributed by atoms with Crippen molar-refractivity contribution in [2.75, 3.05) is 11.4 Å². The van der Waals surface area contributed by atoms with Crippen molar-refractivity contribution in [2.45, 2.75) is 25.7 Å². The van der Waals surface area contributed by atoms with Crippen LogP contribution in [0.2, 0.25) is 0 Å². The van der Waals surface area contributed by atoms with Crippen LogP contribution >= 0.6 is 15.9 Å². The molecular weight excluding hydrogens is 588 g/mol. The molecule has 0 aliphatic carbocycles. The molecule has 0 saturated heterocycles. The van der Waals surface area contributed by atoms with Crippen LogP contribution in [0.3, 0.4) is 0 Å². The molecule has 3 N–H and O–H groups in total. The predicted octanol–water partition coefficient (Wildman–Crippen LogP) is 4.78. The lowest BCUT2D eigenvalue weighted by Gasteiger charge is -2.28. The Labute approximate surface area is 246 Å². The zero-order valence-corrected chi connectivity index (χ0v) is 23.7. The number of rotatable bonds is 12. The van der Waals surface area contributed by atoms with Gasteiger partial charge in [0.05, 0.1) is 11.4 Å².